The minimum Gasteiger partial charge on any atom is -0.423 e. The van der Waals surface area contributed by atoms with Gasteiger partial charge < -0.3 is 15.4 Å². The number of esters is 1. The summed E-state index contributed by atoms with van der Waals surface area (Å²) in [4.78, 5) is 42.3. The summed E-state index contributed by atoms with van der Waals surface area (Å²) in [6.07, 6.45) is 3.04. The molecule has 0 saturated carbocycles. The number of hydrogen-bond acceptors (Lipinski definition) is 5. The quantitative estimate of drug-likeness (QED) is 0.451. The molecule has 0 unspecified atom stereocenters. The van der Waals surface area contributed by atoms with Crippen molar-refractivity contribution in [2.75, 3.05) is 17.3 Å². The smallest absolute Gasteiger partial charge is 0.343 e. The number of nitrogens with zero attached hydrogens (tertiary/aromatic N) is 2. The normalized spacial score (nSPS) is 10.4. The largest absolute Gasteiger partial charge is 0.423 e. The van der Waals surface area contributed by atoms with Gasteiger partial charge in [0.1, 0.15) is 5.75 Å². The monoisotopic (exact) mass is 432 g/mol. The lowest BCUT2D eigenvalue weighted by atomic mass is 10.2. The first kappa shape index (κ1) is 22.5. The van der Waals surface area contributed by atoms with Crippen LogP contribution in [0.2, 0.25) is 0 Å². The fourth-order valence-corrected chi connectivity index (χ4v) is 2.79. The average Bonchev–Trinajstić information content (AvgIpc) is 2.79. The number of ether oxygens (including phenoxy) is 1. The molecule has 8 heteroatoms. The third-order valence-electron chi connectivity index (χ3n) is 4.43. The highest BCUT2D eigenvalue weighted by Crippen LogP contribution is 2.20. The summed E-state index contributed by atoms with van der Waals surface area (Å²) in [5, 5.41) is 5.54. The van der Waals surface area contributed by atoms with Crippen LogP contribution in [0.1, 0.15) is 34.6 Å². The number of rotatable bonds is 6. The Kier molecular flexibility index (Phi) is 7.17. The molecular formula is C24H24N4O4. The van der Waals surface area contributed by atoms with Gasteiger partial charge in [-0.3, -0.25) is 14.7 Å². The van der Waals surface area contributed by atoms with Gasteiger partial charge >= 0.3 is 12.0 Å². The van der Waals surface area contributed by atoms with E-state index >= 15 is 0 Å². The van der Waals surface area contributed by atoms with Crippen molar-refractivity contribution in [1.29, 1.82) is 0 Å². The summed E-state index contributed by atoms with van der Waals surface area (Å²) < 4.78 is 5.42. The summed E-state index contributed by atoms with van der Waals surface area (Å²) in [5.41, 5.74) is 1.81. The zero-order valence-electron chi connectivity index (χ0n) is 18.0. The molecule has 0 aliphatic heterocycles. The van der Waals surface area contributed by atoms with Gasteiger partial charge in [-0.25, -0.2) is 9.59 Å². The summed E-state index contributed by atoms with van der Waals surface area (Å²) in [7, 11) is 1.66. The van der Waals surface area contributed by atoms with Gasteiger partial charge in [0.05, 0.1) is 11.1 Å². The lowest BCUT2D eigenvalue weighted by Crippen LogP contribution is -2.40. The zero-order chi connectivity index (χ0) is 23.1. The van der Waals surface area contributed by atoms with E-state index in [1.165, 1.54) is 17.2 Å². The first-order valence-electron chi connectivity index (χ1n) is 10.0. The molecular weight excluding hydrogens is 408 g/mol. The first-order chi connectivity index (χ1) is 15.3. The van der Waals surface area contributed by atoms with Crippen molar-refractivity contribution in [2.24, 2.45) is 0 Å². The molecule has 8 nitrogen and oxygen atoms in total. The van der Waals surface area contributed by atoms with E-state index in [1.807, 2.05) is 13.8 Å². The molecule has 0 aliphatic rings. The van der Waals surface area contributed by atoms with Crippen molar-refractivity contribution in [3.63, 3.8) is 0 Å². The van der Waals surface area contributed by atoms with E-state index in [2.05, 4.69) is 15.6 Å². The molecule has 0 fully saturated rings. The Morgan fingerprint density at radius 3 is 2.34 bits per heavy atom. The highest BCUT2D eigenvalue weighted by molar-refractivity contribution is 6.04. The third-order valence-corrected chi connectivity index (χ3v) is 4.43. The van der Waals surface area contributed by atoms with Gasteiger partial charge in [-0.15, -0.1) is 0 Å². The number of urea groups is 1. The lowest BCUT2D eigenvalue weighted by molar-refractivity contribution is 0.0734. The topological polar surface area (TPSA) is 101 Å². The summed E-state index contributed by atoms with van der Waals surface area (Å²) in [6, 6.07) is 16.2. The minimum absolute atomic E-state index is 0.0232. The Labute approximate surface area is 186 Å². The maximum Gasteiger partial charge on any atom is 0.343 e. The molecule has 3 rings (SSSR count). The van der Waals surface area contributed by atoms with E-state index in [4.69, 9.17) is 4.74 Å². The number of hydrogen-bond donors (Lipinski definition) is 2. The van der Waals surface area contributed by atoms with Crippen molar-refractivity contribution in [3.8, 4) is 5.75 Å². The molecule has 164 valence electrons. The molecule has 1 aromatic heterocycles. The van der Waals surface area contributed by atoms with Gasteiger partial charge in [-0.2, -0.15) is 0 Å². The van der Waals surface area contributed by atoms with Crippen molar-refractivity contribution >= 4 is 29.3 Å². The fourth-order valence-electron chi connectivity index (χ4n) is 2.79. The number of pyridine rings is 1. The summed E-state index contributed by atoms with van der Waals surface area (Å²) >= 11 is 0. The second kappa shape index (κ2) is 10.2. The molecule has 3 amide bonds. The molecule has 0 aliphatic carbocycles. The second-order valence-corrected chi connectivity index (χ2v) is 7.32. The molecule has 32 heavy (non-hydrogen) atoms. The Morgan fingerprint density at radius 1 is 0.969 bits per heavy atom. The molecule has 1 heterocycles. The van der Waals surface area contributed by atoms with Crippen LogP contribution >= 0.6 is 0 Å². The van der Waals surface area contributed by atoms with E-state index in [0.717, 1.165) is 0 Å². The van der Waals surface area contributed by atoms with Crippen molar-refractivity contribution < 1.29 is 19.1 Å². The van der Waals surface area contributed by atoms with Crippen LogP contribution in [-0.2, 0) is 0 Å². The number of amides is 3. The van der Waals surface area contributed by atoms with Crippen LogP contribution in [0.4, 0.5) is 16.2 Å². The number of aromatic nitrogens is 1. The van der Waals surface area contributed by atoms with E-state index in [-0.39, 0.29) is 23.5 Å². The van der Waals surface area contributed by atoms with Gasteiger partial charge in [-0.1, -0.05) is 6.07 Å². The predicted molar refractivity (Wildman–Crippen MR) is 122 cm³/mol. The third kappa shape index (κ3) is 5.91. The average molecular weight is 432 g/mol. The van der Waals surface area contributed by atoms with Gasteiger partial charge in [0.2, 0.25) is 0 Å². The summed E-state index contributed by atoms with van der Waals surface area (Å²) in [5.74, 6) is -0.563. The highest BCUT2D eigenvalue weighted by atomic mass is 16.5. The van der Waals surface area contributed by atoms with Crippen LogP contribution in [0.15, 0.2) is 73.1 Å². The zero-order valence-corrected chi connectivity index (χ0v) is 18.0. The molecule has 0 spiro atoms. The van der Waals surface area contributed by atoms with Crippen LogP contribution in [0.25, 0.3) is 0 Å². The maximum absolute atomic E-state index is 12.6. The standard InChI is InChI=1S/C24H24N4O4/c1-16(2)26-24(31)28(3)20-9-11-21(12-10-20)32-23(30)17-6-4-8-19(14-17)27-22(29)18-7-5-13-25-15-18/h4-16H,1-3H3,(H,26,31)(H,27,29). The Hall–Kier alpha value is -4.20. The fraction of sp³-hybridized carbons (Fsp3) is 0.167. The second-order valence-electron chi connectivity index (χ2n) is 7.32. The number of benzene rings is 2. The van der Waals surface area contributed by atoms with Gasteiger partial charge in [0.15, 0.2) is 0 Å². The van der Waals surface area contributed by atoms with Gasteiger partial charge in [0.25, 0.3) is 5.91 Å². The van der Waals surface area contributed by atoms with Crippen molar-refractivity contribution in [1.82, 2.24) is 10.3 Å². The lowest BCUT2D eigenvalue weighted by Gasteiger charge is -2.20. The predicted octanol–water partition coefficient (Wildman–Crippen LogP) is 4.11. The SMILES string of the molecule is CC(C)NC(=O)N(C)c1ccc(OC(=O)c2cccc(NC(=O)c3cccnc3)c2)cc1. The van der Waals surface area contributed by atoms with E-state index in [0.29, 0.717) is 22.7 Å². The van der Waals surface area contributed by atoms with Crippen LogP contribution in [-0.4, -0.2) is 36.0 Å². The number of carbonyl (C=O) groups excluding carboxylic acids is 3. The van der Waals surface area contributed by atoms with E-state index < -0.39 is 5.97 Å². The van der Waals surface area contributed by atoms with Crippen LogP contribution in [0, 0.1) is 0 Å². The van der Waals surface area contributed by atoms with Crippen molar-refractivity contribution in [2.45, 2.75) is 19.9 Å². The van der Waals surface area contributed by atoms with E-state index in [1.54, 1.807) is 67.8 Å². The molecule has 0 radical (unpaired) electrons. The molecule has 2 N–H and O–H groups in total. The first-order valence-corrected chi connectivity index (χ1v) is 10.0. The molecule has 2 aromatic carbocycles. The minimum atomic E-state index is -0.568. The molecule has 0 saturated heterocycles. The summed E-state index contributed by atoms with van der Waals surface area (Å²) in [6.45, 7) is 3.77. The van der Waals surface area contributed by atoms with Crippen LogP contribution in [0.5, 0.6) is 5.75 Å². The maximum atomic E-state index is 12.6. The molecule has 0 bridgehead atoms. The Morgan fingerprint density at radius 2 is 1.69 bits per heavy atom. The number of nitrogens with one attached hydrogen (secondary N) is 2. The van der Waals surface area contributed by atoms with E-state index in [9.17, 15) is 14.4 Å². The van der Waals surface area contributed by atoms with Crippen LogP contribution < -0.4 is 20.3 Å². The van der Waals surface area contributed by atoms with Crippen molar-refractivity contribution in [3.05, 3.63) is 84.2 Å². The van der Waals surface area contributed by atoms with Gasteiger partial charge in [0, 0.05) is 36.9 Å². The highest BCUT2D eigenvalue weighted by Gasteiger charge is 2.14. The number of anilines is 2. The molecule has 0 atom stereocenters. The number of carbonyl (C=O) groups is 3. The van der Waals surface area contributed by atoms with Crippen LogP contribution in [0.3, 0.4) is 0 Å². The van der Waals surface area contributed by atoms with Gasteiger partial charge in [-0.05, 0) is 68.4 Å². The Balaban J connectivity index is 1.64. The Bertz CT molecular complexity index is 1100. The molecule has 3 aromatic rings.